The number of fused-ring (bicyclic) bond motifs is 1. The van der Waals surface area contributed by atoms with Gasteiger partial charge in [-0.2, -0.15) is 4.98 Å². The van der Waals surface area contributed by atoms with Crippen LogP contribution in [0.2, 0.25) is 0 Å². The van der Waals surface area contributed by atoms with Gasteiger partial charge in [0, 0.05) is 31.4 Å². The number of amides is 1. The molecule has 2 aromatic heterocycles. The number of aryl methyl sites for hydroxylation is 1. The number of aromatic hydroxyl groups is 1. The van der Waals surface area contributed by atoms with Gasteiger partial charge in [0.05, 0.1) is 21.5 Å². The predicted octanol–water partition coefficient (Wildman–Crippen LogP) is 3.76. The number of hydrogen-bond acceptors (Lipinski definition) is 8. The maximum absolute atomic E-state index is 15.9. The summed E-state index contributed by atoms with van der Waals surface area (Å²) < 4.78 is 57.4. The second-order valence-corrected chi connectivity index (χ2v) is 12.6. The van der Waals surface area contributed by atoms with Crippen LogP contribution in [0.3, 0.4) is 0 Å². The predicted molar refractivity (Wildman–Crippen MR) is 158 cm³/mol. The van der Waals surface area contributed by atoms with Crippen molar-refractivity contribution >= 4 is 32.6 Å². The minimum atomic E-state index is -3.88. The number of carbonyl (C=O) groups is 1. The van der Waals surface area contributed by atoms with Crippen molar-refractivity contribution in [1.82, 2.24) is 19.4 Å². The maximum atomic E-state index is 15.9. The molecular formula is C30H29F2N5O5S. The van der Waals surface area contributed by atoms with Crippen LogP contribution in [0.4, 0.5) is 14.6 Å². The highest BCUT2D eigenvalue weighted by Gasteiger charge is 2.35. The van der Waals surface area contributed by atoms with Gasteiger partial charge in [0.2, 0.25) is 5.91 Å². The van der Waals surface area contributed by atoms with Gasteiger partial charge in [-0.3, -0.25) is 4.79 Å². The first-order chi connectivity index (χ1) is 20.2. The van der Waals surface area contributed by atoms with Crippen molar-refractivity contribution < 1.29 is 27.1 Å². The zero-order valence-electron chi connectivity index (χ0n) is 23.9. The van der Waals surface area contributed by atoms with E-state index in [0.29, 0.717) is 5.56 Å². The summed E-state index contributed by atoms with van der Waals surface area (Å²) in [7, 11) is -3.88. The van der Waals surface area contributed by atoms with E-state index >= 15 is 4.39 Å². The molecule has 1 aliphatic heterocycles. The number of phenols is 1. The summed E-state index contributed by atoms with van der Waals surface area (Å²) in [6, 6.07) is 8.17. The molecule has 0 saturated carbocycles. The number of benzene rings is 2. The van der Waals surface area contributed by atoms with Crippen LogP contribution in [0.25, 0.3) is 28.0 Å². The molecule has 0 aliphatic carbocycles. The van der Waals surface area contributed by atoms with Crippen molar-refractivity contribution in [2.75, 3.05) is 24.2 Å². The second-order valence-electron chi connectivity index (χ2n) is 10.6. The highest BCUT2D eigenvalue weighted by molar-refractivity contribution is 7.90. The Labute approximate surface area is 246 Å². The number of sulfone groups is 1. The fraction of sp³-hybridized carbons (Fsp3) is 0.267. The largest absolute Gasteiger partial charge is 0.507 e. The van der Waals surface area contributed by atoms with E-state index in [4.69, 9.17) is 0 Å². The number of halogens is 2. The summed E-state index contributed by atoms with van der Waals surface area (Å²) in [6.07, 6.45) is 2.20. The Kier molecular flexibility index (Phi) is 7.55. The minimum Gasteiger partial charge on any atom is -0.507 e. The lowest BCUT2D eigenvalue weighted by molar-refractivity contribution is -0.127. The first-order valence-electron chi connectivity index (χ1n) is 13.4. The summed E-state index contributed by atoms with van der Waals surface area (Å²) in [6.45, 7) is 9.29. The molecule has 0 bridgehead atoms. The van der Waals surface area contributed by atoms with Gasteiger partial charge in [-0.1, -0.05) is 24.8 Å². The Morgan fingerprint density at radius 3 is 2.33 bits per heavy atom. The second kappa shape index (κ2) is 10.9. The van der Waals surface area contributed by atoms with Crippen molar-refractivity contribution in [3.05, 3.63) is 82.8 Å². The Balaban J connectivity index is 1.89. The van der Waals surface area contributed by atoms with E-state index in [2.05, 4.69) is 16.5 Å². The zero-order chi connectivity index (χ0) is 31.4. The molecule has 10 nitrogen and oxygen atoms in total. The van der Waals surface area contributed by atoms with Crippen LogP contribution >= 0.6 is 0 Å². The summed E-state index contributed by atoms with van der Waals surface area (Å²) in [4.78, 5) is 38.2. The van der Waals surface area contributed by atoms with Crippen molar-refractivity contribution in [3.8, 4) is 22.7 Å². The van der Waals surface area contributed by atoms with Gasteiger partial charge in [0.15, 0.2) is 21.3 Å². The number of aromatic nitrogens is 3. The van der Waals surface area contributed by atoms with E-state index in [1.165, 1.54) is 30.3 Å². The van der Waals surface area contributed by atoms with Crippen LogP contribution in [0, 0.1) is 18.6 Å². The number of anilines is 1. The van der Waals surface area contributed by atoms with E-state index in [1.807, 2.05) is 13.8 Å². The average molecular weight is 610 g/mol. The van der Waals surface area contributed by atoms with Crippen molar-refractivity contribution in [2.45, 2.75) is 37.8 Å². The molecule has 1 saturated heterocycles. The molecule has 13 heteroatoms. The lowest BCUT2D eigenvalue weighted by Gasteiger charge is -2.45. The molecule has 2 aromatic carbocycles. The van der Waals surface area contributed by atoms with Gasteiger partial charge < -0.3 is 14.9 Å². The van der Waals surface area contributed by atoms with Crippen LogP contribution in [-0.2, 0) is 14.6 Å². The highest BCUT2D eigenvalue weighted by atomic mass is 32.2. The molecule has 5 rings (SSSR count). The fourth-order valence-corrected chi connectivity index (χ4v) is 6.62. The third-order valence-electron chi connectivity index (χ3n) is 7.50. The Hall–Kier alpha value is -4.65. The standard InChI is InChI=1S/C30H29F2N5O5S/c1-6-24(39)35-14-17(3)36(18(4)15-35)29-19-13-21(32)26(25-20(31)10-8-11-22(25)38)33-28(19)37(30(40)34-29)27-16(2)9-7-12-23(27)43(5,41)42/h6-13,17-18,38H,1,14-15H2,2-5H3/t17-,18-/m0/s1. The maximum Gasteiger partial charge on any atom is 0.355 e. The van der Waals surface area contributed by atoms with Crippen molar-refractivity contribution in [3.63, 3.8) is 0 Å². The average Bonchev–Trinajstić information content (AvgIpc) is 2.92. The number of nitrogens with zero attached hydrogens (tertiary/aromatic N) is 5. The minimum absolute atomic E-state index is 0.0376. The van der Waals surface area contributed by atoms with Gasteiger partial charge in [0.25, 0.3) is 0 Å². The third-order valence-corrected chi connectivity index (χ3v) is 8.63. The smallest absolute Gasteiger partial charge is 0.355 e. The fourth-order valence-electron chi connectivity index (χ4n) is 5.69. The monoisotopic (exact) mass is 609 g/mol. The number of piperazine rings is 1. The molecule has 43 heavy (non-hydrogen) atoms. The molecule has 3 heterocycles. The Morgan fingerprint density at radius 2 is 1.72 bits per heavy atom. The Morgan fingerprint density at radius 1 is 1.07 bits per heavy atom. The number of rotatable bonds is 5. The van der Waals surface area contributed by atoms with Crippen LogP contribution in [0.5, 0.6) is 5.75 Å². The normalized spacial score (nSPS) is 17.3. The molecule has 0 unspecified atom stereocenters. The van der Waals surface area contributed by atoms with E-state index in [0.717, 1.165) is 23.0 Å². The van der Waals surface area contributed by atoms with Gasteiger partial charge >= 0.3 is 5.69 Å². The summed E-state index contributed by atoms with van der Waals surface area (Å²) in [5.74, 6) is -2.73. The van der Waals surface area contributed by atoms with Crippen LogP contribution in [0.1, 0.15) is 19.4 Å². The molecule has 224 valence electrons. The summed E-state index contributed by atoms with van der Waals surface area (Å²) in [5.41, 5.74) is -1.85. The number of carbonyl (C=O) groups excluding carboxylic acids is 1. The molecule has 0 spiro atoms. The molecule has 1 aliphatic rings. The lowest BCUT2D eigenvalue weighted by atomic mass is 10.1. The first kappa shape index (κ1) is 29.8. The highest BCUT2D eigenvalue weighted by Crippen LogP contribution is 2.37. The first-order valence-corrected chi connectivity index (χ1v) is 15.2. The van der Waals surface area contributed by atoms with Gasteiger partial charge in [0.1, 0.15) is 23.1 Å². The molecule has 1 N–H and O–H groups in total. The molecule has 0 radical (unpaired) electrons. The third kappa shape index (κ3) is 5.13. The number of phenolic OH excluding ortho intramolecular Hbond substituents is 1. The van der Waals surface area contributed by atoms with E-state index in [1.54, 1.807) is 22.8 Å². The quantitative estimate of drug-likeness (QED) is 0.339. The van der Waals surface area contributed by atoms with Gasteiger partial charge in [-0.15, -0.1) is 0 Å². The van der Waals surface area contributed by atoms with Crippen molar-refractivity contribution in [2.24, 2.45) is 0 Å². The summed E-state index contributed by atoms with van der Waals surface area (Å²) in [5, 5.41) is 10.5. The van der Waals surface area contributed by atoms with Crippen LogP contribution in [0.15, 0.2) is 64.8 Å². The van der Waals surface area contributed by atoms with Crippen LogP contribution in [-0.4, -0.2) is 70.3 Å². The van der Waals surface area contributed by atoms with Crippen molar-refractivity contribution in [1.29, 1.82) is 0 Å². The van der Waals surface area contributed by atoms with Gasteiger partial charge in [-0.05, 0) is 56.7 Å². The molecule has 2 atom stereocenters. The SMILES string of the molecule is C=CC(=O)N1C[C@H](C)N(c2nc(=O)n(-c3c(C)cccc3S(C)(=O)=O)c3nc(-c4c(O)cccc4F)c(F)cc23)[C@@H](C)C1. The molecule has 1 fully saturated rings. The van der Waals surface area contributed by atoms with Crippen LogP contribution < -0.4 is 10.6 Å². The van der Waals surface area contributed by atoms with Gasteiger partial charge in [-0.25, -0.2) is 31.5 Å². The topological polar surface area (TPSA) is 126 Å². The number of para-hydroxylation sites is 1. The number of pyridine rings is 1. The zero-order valence-corrected chi connectivity index (χ0v) is 24.7. The molecule has 4 aromatic rings. The lowest BCUT2D eigenvalue weighted by Crippen LogP contribution is -2.58. The molecule has 1 amide bonds. The number of hydrogen-bond donors (Lipinski definition) is 1. The van der Waals surface area contributed by atoms with E-state index in [9.17, 15) is 27.5 Å². The van der Waals surface area contributed by atoms with E-state index < -0.39 is 44.2 Å². The molecular weight excluding hydrogens is 580 g/mol. The summed E-state index contributed by atoms with van der Waals surface area (Å²) >= 11 is 0. The Bertz CT molecular complexity index is 1950. The van der Waals surface area contributed by atoms with E-state index in [-0.39, 0.29) is 58.5 Å².